The Morgan fingerprint density at radius 1 is 1.52 bits per heavy atom. The standard InChI is InChI=1S/C14H19BrN4OS/c1-9(16)10-3-2-6-19(7-10)8-13-17-18-14(20-13)11-4-5-12(15)21-11/h4-5,9-10H,2-3,6-8,16H2,1H3. The number of halogens is 1. The van der Waals surface area contributed by atoms with Gasteiger partial charge in [0.1, 0.15) is 0 Å². The molecule has 0 radical (unpaired) electrons. The number of nitrogens with two attached hydrogens (primary N) is 1. The highest BCUT2D eigenvalue weighted by molar-refractivity contribution is 9.11. The molecule has 2 aromatic rings. The smallest absolute Gasteiger partial charge is 0.257 e. The Morgan fingerprint density at radius 3 is 3.10 bits per heavy atom. The molecule has 0 spiro atoms. The van der Waals surface area contributed by atoms with Crippen LogP contribution in [0.2, 0.25) is 0 Å². The third kappa shape index (κ3) is 3.71. The Hall–Kier alpha value is -0.760. The van der Waals surface area contributed by atoms with Gasteiger partial charge in [0.25, 0.3) is 5.89 Å². The quantitative estimate of drug-likeness (QED) is 0.895. The minimum Gasteiger partial charge on any atom is -0.419 e. The SMILES string of the molecule is CC(N)C1CCCN(Cc2nnc(-c3ccc(Br)s3)o2)C1. The highest BCUT2D eigenvalue weighted by Crippen LogP contribution is 2.30. The fourth-order valence-corrected chi connectivity index (χ4v) is 4.01. The molecule has 3 heterocycles. The number of rotatable bonds is 4. The number of thiophene rings is 1. The average molecular weight is 371 g/mol. The monoisotopic (exact) mass is 370 g/mol. The molecule has 3 rings (SSSR count). The Bertz CT molecular complexity index is 597. The van der Waals surface area contributed by atoms with Gasteiger partial charge in [-0.25, -0.2) is 0 Å². The van der Waals surface area contributed by atoms with Crippen molar-refractivity contribution in [2.24, 2.45) is 11.7 Å². The first-order chi connectivity index (χ1) is 10.1. The van der Waals surface area contributed by atoms with E-state index in [4.69, 9.17) is 10.2 Å². The molecule has 2 atom stereocenters. The van der Waals surface area contributed by atoms with Gasteiger partial charge >= 0.3 is 0 Å². The first-order valence-electron chi connectivity index (χ1n) is 7.18. The van der Waals surface area contributed by atoms with E-state index in [1.807, 2.05) is 12.1 Å². The maximum atomic E-state index is 6.02. The summed E-state index contributed by atoms with van der Waals surface area (Å²) in [6, 6.07) is 4.22. The third-order valence-corrected chi connectivity index (χ3v) is 5.51. The van der Waals surface area contributed by atoms with Crippen molar-refractivity contribution in [2.45, 2.75) is 32.4 Å². The zero-order valence-electron chi connectivity index (χ0n) is 12.0. The van der Waals surface area contributed by atoms with Crippen molar-refractivity contribution in [3.05, 3.63) is 21.8 Å². The summed E-state index contributed by atoms with van der Waals surface area (Å²) >= 11 is 5.04. The number of hydrogen-bond acceptors (Lipinski definition) is 6. The van der Waals surface area contributed by atoms with Gasteiger partial charge in [-0.1, -0.05) is 0 Å². The molecule has 114 valence electrons. The number of nitrogens with zero attached hydrogens (tertiary/aromatic N) is 3. The predicted octanol–water partition coefficient (Wildman–Crippen LogP) is 3.12. The molecule has 1 aliphatic heterocycles. The molecule has 0 bridgehead atoms. The Labute approximate surface area is 136 Å². The van der Waals surface area contributed by atoms with Crippen LogP contribution in [0.1, 0.15) is 25.7 Å². The fraction of sp³-hybridized carbons (Fsp3) is 0.571. The molecule has 0 amide bonds. The van der Waals surface area contributed by atoms with Gasteiger partial charge in [-0.2, -0.15) is 0 Å². The average Bonchev–Trinajstić information content (AvgIpc) is 3.08. The first-order valence-corrected chi connectivity index (χ1v) is 8.79. The summed E-state index contributed by atoms with van der Waals surface area (Å²) < 4.78 is 6.84. The third-order valence-electron chi connectivity index (χ3n) is 3.90. The van der Waals surface area contributed by atoms with E-state index in [-0.39, 0.29) is 6.04 Å². The van der Waals surface area contributed by atoms with E-state index >= 15 is 0 Å². The predicted molar refractivity (Wildman–Crippen MR) is 87.0 cm³/mol. The molecule has 1 fully saturated rings. The molecule has 0 aromatic carbocycles. The minimum absolute atomic E-state index is 0.245. The van der Waals surface area contributed by atoms with E-state index in [1.54, 1.807) is 11.3 Å². The minimum atomic E-state index is 0.245. The summed E-state index contributed by atoms with van der Waals surface area (Å²) in [6.45, 7) is 4.89. The van der Waals surface area contributed by atoms with Crippen LogP contribution >= 0.6 is 27.3 Å². The van der Waals surface area contributed by atoms with Crippen LogP contribution in [0.4, 0.5) is 0 Å². The van der Waals surface area contributed by atoms with Crippen molar-refractivity contribution in [3.8, 4) is 10.8 Å². The van der Waals surface area contributed by atoms with Crippen LogP contribution in [-0.2, 0) is 6.54 Å². The Kier molecular flexibility index (Phi) is 4.73. The summed E-state index contributed by atoms with van der Waals surface area (Å²) in [5.74, 6) is 1.84. The maximum Gasteiger partial charge on any atom is 0.257 e. The zero-order valence-corrected chi connectivity index (χ0v) is 14.4. The number of hydrogen-bond donors (Lipinski definition) is 1. The van der Waals surface area contributed by atoms with Crippen LogP contribution < -0.4 is 5.73 Å². The lowest BCUT2D eigenvalue weighted by Crippen LogP contribution is -2.41. The normalized spacial score (nSPS) is 21.6. The molecular weight excluding hydrogens is 352 g/mol. The fourth-order valence-electron chi connectivity index (χ4n) is 2.70. The van der Waals surface area contributed by atoms with Crippen LogP contribution in [0, 0.1) is 5.92 Å². The zero-order chi connectivity index (χ0) is 14.8. The summed E-state index contributed by atoms with van der Waals surface area (Å²) in [6.07, 6.45) is 2.40. The topological polar surface area (TPSA) is 68.2 Å². The van der Waals surface area contributed by atoms with Crippen LogP contribution in [0.5, 0.6) is 0 Å². The van der Waals surface area contributed by atoms with Crippen LogP contribution in [-0.4, -0.2) is 34.2 Å². The van der Waals surface area contributed by atoms with Crippen molar-refractivity contribution >= 4 is 27.3 Å². The number of likely N-dealkylation sites (tertiary alicyclic amines) is 1. The van der Waals surface area contributed by atoms with E-state index in [0.29, 0.717) is 24.2 Å². The highest BCUT2D eigenvalue weighted by atomic mass is 79.9. The summed E-state index contributed by atoms with van der Waals surface area (Å²) in [5, 5.41) is 8.31. The maximum absolute atomic E-state index is 6.02. The molecule has 2 aromatic heterocycles. The van der Waals surface area contributed by atoms with Crippen molar-refractivity contribution in [2.75, 3.05) is 13.1 Å². The van der Waals surface area contributed by atoms with Crippen LogP contribution in [0.3, 0.4) is 0 Å². The number of aromatic nitrogens is 2. The van der Waals surface area contributed by atoms with Crippen molar-refractivity contribution < 1.29 is 4.42 Å². The van der Waals surface area contributed by atoms with E-state index in [1.165, 1.54) is 12.8 Å². The molecule has 2 unspecified atom stereocenters. The van der Waals surface area contributed by atoms with Crippen molar-refractivity contribution in [1.29, 1.82) is 0 Å². The first kappa shape index (κ1) is 15.1. The van der Waals surface area contributed by atoms with E-state index in [0.717, 1.165) is 21.8 Å². The highest BCUT2D eigenvalue weighted by Gasteiger charge is 2.24. The van der Waals surface area contributed by atoms with Gasteiger partial charge in [0.2, 0.25) is 5.89 Å². The van der Waals surface area contributed by atoms with E-state index < -0.39 is 0 Å². The molecule has 5 nitrogen and oxygen atoms in total. The second-order valence-corrected chi connectivity index (χ2v) is 8.06. The van der Waals surface area contributed by atoms with Gasteiger partial charge in [-0.05, 0) is 60.3 Å². The van der Waals surface area contributed by atoms with Gasteiger partial charge in [0.15, 0.2) is 0 Å². The Morgan fingerprint density at radius 2 is 2.38 bits per heavy atom. The second-order valence-electron chi connectivity index (χ2n) is 5.60. The lowest BCUT2D eigenvalue weighted by molar-refractivity contribution is 0.143. The summed E-state index contributed by atoms with van der Waals surface area (Å²) in [5.41, 5.74) is 6.02. The van der Waals surface area contributed by atoms with Crippen molar-refractivity contribution in [1.82, 2.24) is 15.1 Å². The van der Waals surface area contributed by atoms with Gasteiger partial charge < -0.3 is 10.2 Å². The molecule has 1 saturated heterocycles. The largest absolute Gasteiger partial charge is 0.419 e. The lowest BCUT2D eigenvalue weighted by atomic mass is 9.92. The van der Waals surface area contributed by atoms with Gasteiger partial charge in [0, 0.05) is 12.6 Å². The van der Waals surface area contributed by atoms with E-state index in [2.05, 4.69) is 38.0 Å². The number of piperidine rings is 1. The van der Waals surface area contributed by atoms with Gasteiger partial charge in [-0.15, -0.1) is 21.5 Å². The summed E-state index contributed by atoms with van der Waals surface area (Å²) in [4.78, 5) is 3.35. The van der Waals surface area contributed by atoms with Crippen LogP contribution in [0.15, 0.2) is 20.3 Å². The molecule has 0 saturated carbocycles. The lowest BCUT2D eigenvalue weighted by Gasteiger charge is -2.33. The molecular formula is C14H19BrN4OS. The molecule has 0 aliphatic carbocycles. The van der Waals surface area contributed by atoms with Crippen molar-refractivity contribution in [3.63, 3.8) is 0 Å². The molecule has 2 N–H and O–H groups in total. The van der Waals surface area contributed by atoms with Crippen LogP contribution in [0.25, 0.3) is 10.8 Å². The molecule has 7 heteroatoms. The summed E-state index contributed by atoms with van der Waals surface area (Å²) in [7, 11) is 0. The van der Waals surface area contributed by atoms with Gasteiger partial charge in [0.05, 0.1) is 15.2 Å². The molecule has 21 heavy (non-hydrogen) atoms. The van der Waals surface area contributed by atoms with E-state index in [9.17, 15) is 0 Å². The Balaban J connectivity index is 1.64. The molecule has 1 aliphatic rings. The second kappa shape index (κ2) is 6.56. The van der Waals surface area contributed by atoms with Gasteiger partial charge in [-0.3, -0.25) is 4.90 Å².